The summed E-state index contributed by atoms with van der Waals surface area (Å²) >= 11 is 1.45. The molecule has 20 heavy (non-hydrogen) atoms. The van der Waals surface area contributed by atoms with Crippen molar-refractivity contribution in [2.45, 2.75) is 13.5 Å². The van der Waals surface area contributed by atoms with Crippen molar-refractivity contribution in [1.29, 1.82) is 0 Å². The Morgan fingerprint density at radius 3 is 2.85 bits per heavy atom. The van der Waals surface area contributed by atoms with Gasteiger partial charge in [-0.25, -0.2) is 9.78 Å². The summed E-state index contributed by atoms with van der Waals surface area (Å²) in [7, 11) is 1.59. The van der Waals surface area contributed by atoms with Gasteiger partial charge in [0.15, 0.2) is 11.5 Å². The van der Waals surface area contributed by atoms with Gasteiger partial charge in [0.2, 0.25) is 0 Å². The second kappa shape index (κ2) is 4.64. The molecule has 0 amide bonds. The minimum atomic E-state index is -0.461. The van der Waals surface area contributed by atoms with Crippen molar-refractivity contribution in [2.75, 3.05) is 7.11 Å². The van der Waals surface area contributed by atoms with Crippen LogP contribution in [0.1, 0.15) is 6.92 Å². The van der Waals surface area contributed by atoms with E-state index in [2.05, 4.69) is 15.0 Å². The van der Waals surface area contributed by atoms with Gasteiger partial charge in [-0.15, -0.1) is 11.3 Å². The highest BCUT2D eigenvalue weighted by atomic mass is 32.1. The largest absolute Gasteiger partial charge is 0.496 e. The minimum Gasteiger partial charge on any atom is -0.496 e. The molecule has 3 heterocycles. The van der Waals surface area contributed by atoms with E-state index in [1.807, 2.05) is 18.4 Å². The fraction of sp³-hybridized carbons (Fsp3) is 0.250. The molecule has 7 nitrogen and oxygen atoms in total. The second-order valence-corrected chi connectivity index (χ2v) is 5.05. The zero-order chi connectivity index (χ0) is 14.3. The summed E-state index contributed by atoms with van der Waals surface area (Å²) in [5.41, 5.74) is -0.249. The fourth-order valence-electron chi connectivity index (χ4n) is 2.00. The molecule has 0 bridgehead atoms. The smallest absolute Gasteiger partial charge is 0.330 e. The second-order valence-electron chi connectivity index (χ2n) is 4.14. The van der Waals surface area contributed by atoms with E-state index in [-0.39, 0.29) is 0 Å². The van der Waals surface area contributed by atoms with Crippen molar-refractivity contribution < 1.29 is 4.74 Å². The normalized spacial score (nSPS) is 11.1. The Morgan fingerprint density at radius 1 is 1.40 bits per heavy atom. The number of methoxy groups -OCH3 is 1. The number of hydrogen-bond donors (Lipinski definition) is 2. The van der Waals surface area contributed by atoms with Crippen molar-refractivity contribution in [3.05, 3.63) is 32.3 Å². The molecule has 3 aromatic heterocycles. The van der Waals surface area contributed by atoms with Gasteiger partial charge in [0.1, 0.15) is 11.3 Å². The van der Waals surface area contributed by atoms with E-state index in [4.69, 9.17) is 4.74 Å². The van der Waals surface area contributed by atoms with Gasteiger partial charge in [-0.3, -0.25) is 14.3 Å². The molecule has 0 aliphatic carbocycles. The molecule has 0 aliphatic rings. The number of hydrogen-bond acceptors (Lipinski definition) is 5. The van der Waals surface area contributed by atoms with Crippen LogP contribution in [0, 0.1) is 0 Å². The number of aromatic amines is 2. The van der Waals surface area contributed by atoms with Gasteiger partial charge in [0.05, 0.1) is 12.0 Å². The van der Waals surface area contributed by atoms with Crippen LogP contribution in [0.15, 0.2) is 21.0 Å². The van der Waals surface area contributed by atoms with E-state index in [1.165, 1.54) is 15.9 Å². The summed E-state index contributed by atoms with van der Waals surface area (Å²) in [5.74, 6) is 1.28. The molecule has 0 aliphatic heterocycles. The molecule has 104 valence electrons. The predicted octanol–water partition coefficient (Wildman–Crippen LogP) is 1.17. The van der Waals surface area contributed by atoms with Crippen LogP contribution < -0.4 is 16.0 Å². The number of fused-ring (bicyclic) bond motifs is 1. The number of aromatic nitrogens is 4. The first-order valence-electron chi connectivity index (χ1n) is 5.99. The summed E-state index contributed by atoms with van der Waals surface area (Å²) < 4.78 is 6.54. The van der Waals surface area contributed by atoms with Crippen LogP contribution in [0.2, 0.25) is 0 Å². The summed E-state index contributed by atoms with van der Waals surface area (Å²) in [6.07, 6.45) is 0. The Labute approximate surface area is 116 Å². The molecule has 3 aromatic rings. The average molecular weight is 292 g/mol. The zero-order valence-electron chi connectivity index (χ0n) is 10.9. The third kappa shape index (κ3) is 1.85. The summed E-state index contributed by atoms with van der Waals surface area (Å²) in [6, 6.07) is 1.82. The summed E-state index contributed by atoms with van der Waals surface area (Å²) in [4.78, 5) is 34.0. The number of nitrogens with zero attached hydrogens (tertiary/aromatic N) is 2. The first kappa shape index (κ1) is 12.7. The number of aryl methyl sites for hydroxylation is 1. The number of rotatable bonds is 3. The maximum absolute atomic E-state index is 11.8. The highest BCUT2D eigenvalue weighted by Gasteiger charge is 2.14. The first-order chi connectivity index (χ1) is 9.63. The lowest BCUT2D eigenvalue weighted by atomic mass is 10.4. The van der Waals surface area contributed by atoms with Crippen molar-refractivity contribution >= 4 is 22.5 Å². The topological polar surface area (TPSA) is 92.8 Å². The van der Waals surface area contributed by atoms with Crippen LogP contribution >= 0.6 is 11.3 Å². The number of imidazole rings is 1. The maximum atomic E-state index is 11.8. The number of ether oxygens (including phenoxy) is 1. The van der Waals surface area contributed by atoms with E-state index in [1.54, 1.807) is 7.11 Å². The Morgan fingerprint density at radius 2 is 2.20 bits per heavy atom. The highest BCUT2D eigenvalue weighted by Crippen LogP contribution is 2.29. The van der Waals surface area contributed by atoms with Gasteiger partial charge < -0.3 is 9.72 Å². The van der Waals surface area contributed by atoms with Gasteiger partial charge in [0, 0.05) is 18.0 Å². The molecule has 0 saturated carbocycles. The Balaban J connectivity index is 2.27. The van der Waals surface area contributed by atoms with Gasteiger partial charge in [-0.1, -0.05) is 0 Å². The third-order valence-electron chi connectivity index (χ3n) is 2.99. The van der Waals surface area contributed by atoms with Crippen LogP contribution in [0.3, 0.4) is 0 Å². The van der Waals surface area contributed by atoms with Gasteiger partial charge in [-0.2, -0.15) is 0 Å². The van der Waals surface area contributed by atoms with E-state index in [9.17, 15) is 9.59 Å². The van der Waals surface area contributed by atoms with Crippen molar-refractivity contribution in [3.63, 3.8) is 0 Å². The number of nitrogens with one attached hydrogen (secondary N) is 2. The van der Waals surface area contributed by atoms with Crippen LogP contribution in [0.4, 0.5) is 0 Å². The van der Waals surface area contributed by atoms with E-state index in [0.717, 1.165) is 10.6 Å². The van der Waals surface area contributed by atoms with E-state index in [0.29, 0.717) is 23.5 Å². The van der Waals surface area contributed by atoms with Gasteiger partial charge in [0.25, 0.3) is 5.56 Å². The van der Waals surface area contributed by atoms with Gasteiger partial charge >= 0.3 is 5.69 Å². The summed E-state index contributed by atoms with van der Waals surface area (Å²) in [6.45, 7) is 2.26. The lowest BCUT2D eigenvalue weighted by Crippen LogP contribution is -2.29. The molecule has 0 fully saturated rings. The molecule has 2 N–H and O–H groups in total. The van der Waals surface area contributed by atoms with Crippen LogP contribution in [0.5, 0.6) is 5.75 Å². The van der Waals surface area contributed by atoms with Crippen LogP contribution in [0.25, 0.3) is 21.9 Å². The van der Waals surface area contributed by atoms with Crippen molar-refractivity contribution in [1.82, 2.24) is 19.5 Å². The standard InChI is InChI=1S/C12H12N4O3S/c1-3-16-10-8(11(17)15-12(16)18)13-9(14-10)7-4-6(19-2)5-20-7/h4-5H,3H2,1-2H3,(H,13,14)(H,15,17,18). The highest BCUT2D eigenvalue weighted by molar-refractivity contribution is 7.13. The molecule has 0 saturated heterocycles. The molecule has 0 atom stereocenters. The van der Waals surface area contributed by atoms with Crippen molar-refractivity contribution in [3.8, 4) is 16.5 Å². The van der Waals surface area contributed by atoms with E-state index >= 15 is 0 Å². The Bertz CT molecular complexity index is 886. The average Bonchev–Trinajstić information content (AvgIpc) is 3.05. The number of H-pyrrole nitrogens is 2. The zero-order valence-corrected chi connectivity index (χ0v) is 11.7. The minimum absolute atomic E-state index is 0.300. The molecule has 0 unspecified atom stereocenters. The first-order valence-corrected chi connectivity index (χ1v) is 6.87. The molecule has 0 aromatic carbocycles. The molecule has 0 spiro atoms. The molecular formula is C12H12N4O3S. The van der Waals surface area contributed by atoms with Gasteiger partial charge in [-0.05, 0) is 6.92 Å². The molecular weight excluding hydrogens is 280 g/mol. The maximum Gasteiger partial charge on any atom is 0.330 e. The predicted molar refractivity (Wildman–Crippen MR) is 76.5 cm³/mol. The van der Waals surface area contributed by atoms with Crippen LogP contribution in [-0.2, 0) is 6.54 Å². The lowest BCUT2D eigenvalue weighted by molar-refractivity contribution is 0.417. The quantitative estimate of drug-likeness (QED) is 0.758. The van der Waals surface area contributed by atoms with Crippen LogP contribution in [-0.4, -0.2) is 26.6 Å². The molecule has 3 rings (SSSR count). The van der Waals surface area contributed by atoms with E-state index < -0.39 is 11.2 Å². The Kier molecular flexibility index (Phi) is 2.94. The monoisotopic (exact) mass is 292 g/mol. The SMILES string of the molecule is CCn1c(=O)[nH]c(=O)c2[nH]c(-c3cc(OC)cs3)nc21. The third-order valence-corrected chi connectivity index (χ3v) is 3.91. The summed E-state index contributed by atoms with van der Waals surface area (Å²) in [5, 5.41) is 1.85. The molecule has 0 radical (unpaired) electrons. The lowest BCUT2D eigenvalue weighted by Gasteiger charge is -1.99. The number of thiophene rings is 1. The van der Waals surface area contributed by atoms with Crippen molar-refractivity contribution in [2.24, 2.45) is 0 Å². The fourth-order valence-corrected chi connectivity index (χ4v) is 2.80. The molecule has 8 heteroatoms. The Hall–Kier alpha value is -2.35.